The molecule has 2 aliphatic rings. The molecule has 2 heterocycles. The molecule has 1 atom stereocenters. The Morgan fingerprint density at radius 3 is 2.29 bits per heavy atom. The molecule has 0 radical (unpaired) electrons. The number of likely N-dealkylation sites (tertiary alicyclic amines) is 1. The Balaban J connectivity index is 1.68. The van der Waals surface area contributed by atoms with E-state index < -0.39 is 22.0 Å². The lowest BCUT2D eigenvalue weighted by molar-refractivity contribution is -0.135. The lowest BCUT2D eigenvalue weighted by Crippen LogP contribution is -2.54. The first-order chi connectivity index (χ1) is 16.1. The van der Waals surface area contributed by atoms with Gasteiger partial charge in [0.1, 0.15) is 6.04 Å². The van der Waals surface area contributed by atoms with Crippen molar-refractivity contribution in [3.8, 4) is 0 Å². The maximum absolute atomic E-state index is 13.2. The van der Waals surface area contributed by atoms with Crippen LogP contribution in [0.2, 0.25) is 0 Å². The van der Waals surface area contributed by atoms with Crippen molar-refractivity contribution >= 4 is 27.7 Å². The molecule has 0 spiro atoms. The number of nitrogens with zero attached hydrogens (tertiary/aromatic N) is 2. The number of piperidine rings is 1. The number of morpholine rings is 1. The number of nitrogens with one attached hydrogen (secondary N) is 2. The number of ether oxygens (including phenoxy) is 1. The predicted octanol–water partition coefficient (Wildman–Crippen LogP) is 0.589. The molecule has 2 N–H and O–H groups in total. The summed E-state index contributed by atoms with van der Waals surface area (Å²) in [5.74, 6) is -0.930. The molecule has 1 unspecified atom stereocenters. The van der Waals surface area contributed by atoms with Gasteiger partial charge < -0.3 is 20.3 Å². The van der Waals surface area contributed by atoms with Gasteiger partial charge in [-0.3, -0.25) is 14.4 Å². The first-order valence-corrected chi connectivity index (χ1v) is 13.1. The van der Waals surface area contributed by atoms with Crippen molar-refractivity contribution in [3.05, 3.63) is 29.8 Å². The molecule has 34 heavy (non-hydrogen) atoms. The van der Waals surface area contributed by atoms with E-state index in [0.717, 1.165) is 0 Å². The van der Waals surface area contributed by atoms with Gasteiger partial charge in [-0.15, -0.1) is 0 Å². The minimum atomic E-state index is -3.74. The SMILES string of the molecule is CC(=O)NC1CCN(C(=O)C(NC(=O)c2cccc(S(=O)(=O)N3CCOCC3)c2)C(C)C)CC1. The lowest BCUT2D eigenvalue weighted by Gasteiger charge is -2.35. The molecule has 1 aromatic rings. The third kappa shape index (κ3) is 6.34. The summed E-state index contributed by atoms with van der Waals surface area (Å²) in [6.07, 6.45) is 1.32. The Bertz CT molecular complexity index is 998. The van der Waals surface area contributed by atoms with Crippen LogP contribution in [0.25, 0.3) is 0 Å². The van der Waals surface area contributed by atoms with E-state index in [9.17, 15) is 22.8 Å². The predicted molar refractivity (Wildman–Crippen MR) is 126 cm³/mol. The molecule has 11 heteroatoms. The molecule has 0 bridgehead atoms. The molecule has 2 fully saturated rings. The molecule has 0 aromatic heterocycles. The highest BCUT2D eigenvalue weighted by molar-refractivity contribution is 7.89. The van der Waals surface area contributed by atoms with Gasteiger partial charge in [0.2, 0.25) is 21.8 Å². The highest BCUT2D eigenvalue weighted by Crippen LogP contribution is 2.19. The smallest absolute Gasteiger partial charge is 0.251 e. The van der Waals surface area contributed by atoms with Gasteiger partial charge in [0.05, 0.1) is 18.1 Å². The van der Waals surface area contributed by atoms with Crippen molar-refractivity contribution < 1.29 is 27.5 Å². The third-order valence-corrected chi connectivity index (χ3v) is 8.03. The van der Waals surface area contributed by atoms with Gasteiger partial charge in [-0.1, -0.05) is 19.9 Å². The number of hydrogen-bond donors (Lipinski definition) is 2. The second-order valence-electron chi connectivity index (χ2n) is 9.04. The Kier molecular flexibility index (Phi) is 8.67. The zero-order valence-corrected chi connectivity index (χ0v) is 20.8. The van der Waals surface area contributed by atoms with Crippen molar-refractivity contribution in [1.82, 2.24) is 19.8 Å². The second kappa shape index (κ2) is 11.3. The fraction of sp³-hybridized carbons (Fsp3) is 0.609. The molecule has 0 aliphatic carbocycles. The number of hydrogen-bond acceptors (Lipinski definition) is 6. The molecular weight excluding hydrogens is 460 g/mol. The van der Waals surface area contributed by atoms with Gasteiger partial charge in [-0.25, -0.2) is 8.42 Å². The van der Waals surface area contributed by atoms with E-state index >= 15 is 0 Å². The standard InChI is InChI=1S/C23H34N4O6S/c1-16(2)21(23(30)26-9-7-19(8-10-26)24-17(3)28)25-22(29)18-5-4-6-20(15-18)34(31,32)27-11-13-33-14-12-27/h4-6,15-16,19,21H,7-14H2,1-3H3,(H,24,28)(H,25,29). The van der Waals surface area contributed by atoms with Crippen LogP contribution in [-0.2, 0) is 24.3 Å². The molecule has 1 aromatic carbocycles. The molecule has 3 amide bonds. The number of carbonyl (C=O) groups excluding carboxylic acids is 3. The van der Waals surface area contributed by atoms with Crippen LogP contribution in [0.5, 0.6) is 0 Å². The van der Waals surface area contributed by atoms with Gasteiger partial charge in [0, 0.05) is 44.7 Å². The van der Waals surface area contributed by atoms with Crippen LogP contribution < -0.4 is 10.6 Å². The number of benzene rings is 1. The van der Waals surface area contributed by atoms with Gasteiger partial charge >= 0.3 is 0 Å². The fourth-order valence-corrected chi connectivity index (χ4v) is 5.65. The summed E-state index contributed by atoms with van der Waals surface area (Å²) < 4.78 is 32.5. The summed E-state index contributed by atoms with van der Waals surface area (Å²) in [6, 6.07) is 5.18. The van der Waals surface area contributed by atoms with Gasteiger partial charge in [0.15, 0.2) is 0 Å². The molecule has 2 saturated heterocycles. The van der Waals surface area contributed by atoms with E-state index in [1.807, 2.05) is 13.8 Å². The number of rotatable bonds is 7. The summed E-state index contributed by atoms with van der Waals surface area (Å²) in [6.45, 7) is 7.37. The molecule has 3 rings (SSSR count). The van der Waals surface area contributed by atoms with E-state index in [-0.39, 0.29) is 47.3 Å². The number of sulfonamides is 1. The van der Waals surface area contributed by atoms with Crippen molar-refractivity contribution in [2.75, 3.05) is 39.4 Å². The first-order valence-electron chi connectivity index (χ1n) is 11.6. The summed E-state index contributed by atoms with van der Waals surface area (Å²) in [4.78, 5) is 39.2. The Morgan fingerprint density at radius 2 is 1.71 bits per heavy atom. The molecular formula is C23H34N4O6S. The van der Waals surface area contributed by atoms with E-state index in [1.165, 1.54) is 35.5 Å². The Morgan fingerprint density at radius 1 is 1.06 bits per heavy atom. The summed E-state index contributed by atoms with van der Waals surface area (Å²) in [5, 5.41) is 5.68. The Labute approximate surface area is 201 Å². The topological polar surface area (TPSA) is 125 Å². The van der Waals surface area contributed by atoms with E-state index in [0.29, 0.717) is 39.1 Å². The number of carbonyl (C=O) groups is 3. The lowest BCUT2D eigenvalue weighted by atomic mass is 9.99. The highest BCUT2D eigenvalue weighted by Gasteiger charge is 2.32. The van der Waals surface area contributed by atoms with Gasteiger partial charge in [0.25, 0.3) is 5.91 Å². The maximum atomic E-state index is 13.2. The van der Waals surface area contributed by atoms with Crippen LogP contribution in [-0.4, -0.2) is 86.8 Å². The summed E-state index contributed by atoms with van der Waals surface area (Å²) in [7, 11) is -3.74. The van der Waals surface area contributed by atoms with Crippen molar-refractivity contribution in [1.29, 1.82) is 0 Å². The molecule has 10 nitrogen and oxygen atoms in total. The molecule has 188 valence electrons. The first kappa shape index (κ1) is 26.1. The van der Waals surface area contributed by atoms with Crippen LogP contribution in [0.1, 0.15) is 44.0 Å². The fourth-order valence-electron chi connectivity index (χ4n) is 4.20. The van der Waals surface area contributed by atoms with Gasteiger partial charge in [-0.05, 0) is 37.0 Å². The third-order valence-electron chi connectivity index (χ3n) is 6.14. The summed E-state index contributed by atoms with van der Waals surface area (Å²) >= 11 is 0. The van der Waals surface area contributed by atoms with Crippen molar-refractivity contribution in [2.24, 2.45) is 5.92 Å². The average molecular weight is 495 g/mol. The Hall–Kier alpha value is -2.50. The van der Waals surface area contributed by atoms with Crippen LogP contribution in [0.15, 0.2) is 29.2 Å². The van der Waals surface area contributed by atoms with Gasteiger partial charge in [-0.2, -0.15) is 4.31 Å². The maximum Gasteiger partial charge on any atom is 0.251 e. The van der Waals surface area contributed by atoms with Crippen LogP contribution in [0, 0.1) is 5.92 Å². The van der Waals surface area contributed by atoms with Crippen LogP contribution in [0.3, 0.4) is 0 Å². The monoisotopic (exact) mass is 494 g/mol. The van der Waals surface area contributed by atoms with Crippen molar-refractivity contribution in [3.63, 3.8) is 0 Å². The minimum Gasteiger partial charge on any atom is -0.379 e. The minimum absolute atomic E-state index is 0.0366. The number of amides is 3. The molecule has 2 aliphatic heterocycles. The second-order valence-corrected chi connectivity index (χ2v) is 11.0. The van der Waals surface area contributed by atoms with E-state index in [2.05, 4.69) is 10.6 Å². The van der Waals surface area contributed by atoms with Crippen LogP contribution in [0.4, 0.5) is 0 Å². The normalized spacial score (nSPS) is 19.0. The van der Waals surface area contributed by atoms with Crippen molar-refractivity contribution in [2.45, 2.75) is 50.6 Å². The van der Waals surface area contributed by atoms with E-state index in [1.54, 1.807) is 4.90 Å². The highest BCUT2D eigenvalue weighted by atomic mass is 32.2. The quantitative estimate of drug-likeness (QED) is 0.572. The largest absolute Gasteiger partial charge is 0.379 e. The zero-order chi connectivity index (χ0) is 24.9. The van der Waals surface area contributed by atoms with E-state index in [4.69, 9.17) is 4.74 Å². The average Bonchev–Trinajstić information content (AvgIpc) is 2.82. The van der Waals surface area contributed by atoms with Crippen LogP contribution >= 0.6 is 0 Å². The zero-order valence-electron chi connectivity index (χ0n) is 20.0. The molecule has 0 saturated carbocycles. The summed E-state index contributed by atoms with van der Waals surface area (Å²) in [5.41, 5.74) is 0.178.